The molecule has 1 N–H and O–H groups in total. The summed E-state index contributed by atoms with van der Waals surface area (Å²) in [5.41, 5.74) is 2.56. The van der Waals surface area contributed by atoms with E-state index in [0.717, 1.165) is 5.56 Å². The number of nitrogens with one attached hydrogen (secondary N) is 1. The number of rotatable bonds is 4. The summed E-state index contributed by atoms with van der Waals surface area (Å²) in [7, 11) is 1.64. The van der Waals surface area contributed by atoms with Crippen LogP contribution < -0.4 is 10.9 Å². The molecular weight excluding hydrogens is 340 g/mol. The number of aryl methyl sites for hydroxylation is 1. The molecule has 27 heavy (non-hydrogen) atoms. The van der Waals surface area contributed by atoms with Crippen LogP contribution in [0.4, 0.5) is 5.82 Å². The van der Waals surface area contributed by atoms with Crippen molar-refractivity contribution in [1.29, 1.82) is 0 Å². The minimum absolute atomic E-state index is 0.107. The Morgan fingerprint density at radius 1 is 1.11 bits per heavy atom. The molecule has 6 heteroatoms. The van der Waals surface area contributed by atoms with Gasteiger partial charge >= 0.3 is 0 Å². The van der Waals surface area contributed by atoms with Crippen molar-refractivity contribution >= 4 is 11.7 Å². The zero-order chi connectivity index (χ0) is 19.6. The van der Waals surface area contributed by atoms with Crippen molar-refractivity contribution < 1.29 is 4.79 Å². The third-order valence-corrected chi connectivity index (χ3v) is 4.48. The van der Waals surface area contributed by atoms with Crippen LogP contribution in [0.15, 0.2) is 59.7 Å². The first-order chi connectivity index (χ1) is 12.7. The van der Waals surface area contributed by atoms with Gasteiger partial charge < -0.3 is 9.88 Å². The van der Waals surface area contributed by atoms with E-state index in [-0.39, 0.29) is 16.9 Å². The van der Waals surface area contributed by atoms with Crippen molar-refractivity contribution in [3.8, 4) is 0 Å². The summed E-state index contributed by atoms with van der Waals surface area (Å²) in [5, 5.41) is 7.12. The van der Waals surface area contributed by atoms with Crippen LogP contribution in [0, 0.1) is 0 Å². The molecule has 3 aromatic rings. The number of hydrogen-bond donors (Lipinski definition) is 1. The molecule has 0 radical (unpaired) electrons. The maximum Gasteiger partial charge on any atom is 0.257 e. The van der Waals surface area contributed by atoms with Crippen LogP contribution in [-0.4, -0.2) is 20.3 Å². The number of nitrogens with zero attached hydrogens (tertiary/aromatic N) is 3. The van der Waals surface area contributed by atoms with Crippen LogP contribution in [0.1, 0.15) is 42.3 Å². The van der Waals surface area contributed by atoms with Gasteiger partial charge in [0, 0.05) is 30.9 Å². The highest BCUT2D eigenvalue weighted by Gasteiger charge is 2.14. The SMILES string of the molecule is Cn1ccc(C(=O)Nc2ccnn2Cc2ccc(C(C)(C)C)cc2)cc1=O. The van der Waals surface area contributed by atoms with Crippen molar-refractivity contribution in [2.45, 2.75) is 32.7 Å². The Balaban J connectivity index is 1.75. The molecule has 140 valence electrons. The van der Waals surface area contributed by atoms with Gasteiger partial charge in [0.2, 0.25) is 0 Å². The van der Waals surface area contributed by atoms with E-state index < -0.39 is 0 Å². The quantitative estimate of drug-likeness (QED) is 0.773. The molecule has 0 aliphatic carbocycles. The Hall–Kier alpha value is -3.15. The highest BCUT2D eigenvalue weighted by Crippen LogP contribution is 2.22. The number of aromatic nitrogens is 3. The van der Waals surface area contributed by atoms with E-state index in [9.17, 15) is 9.59 Å². The van der Waals surface area contributed by atoms with E-state index in [2.05, 4.69) is 55.5 Å². The molecule has 0 fully saturated rings. The number of hydrogen-bond acceptors (Lipinski definition) is 3. The smallest absolute Gasteiger partial charge is 0.257 e. The maximum absolute atomic E-state index is 12.4. The summed E-state index contributed by atoms with van der Waals surface area (Å²) < 4.78 is 3.15. The number of pyridine rings is 1. The van der Waals surface area contributed by atoms with Crippen molar-refractivity contribution in [2.24, 2.45) is 7.05 Å². The normalized spacial score (nSPS) is 11.4. The molecular formula is C21H24N4O2. The van der Waals surface area contributed by atoms with Gasteiger partial charge in [0.1, 0.15) is 5.82 Å². The van der Waals surface area contributed by atoms with Crippen molar-refractivity contribution in [3.63, 3.8) is 0 Å². The van der Waals surface area contributed by atoms with Gasteiger partial charge in [-0.3, -0.25) is 9.59 Å². The molecule has 3 rings (SSSR count). The fourth-order valence-corrected chi connectivity index (χ4v) is 2.73. The Labute approximate surface area is 158 Å². The molecule has 1 amide bonds. The van der Waals surface area contributed by atoms with Crippen LogP contribution in [0.2, 0.25) is 0 Å². The summed E-state index contributed by atoms with van der Waals surface area (Å²) in [6.07, 6.45) is 3.22. The van der Waals surface area contributed by atoms with Gasteiger partial charge in [0.15, 0.2) is 0 Å². The molecule has 6 nitrogen and oxygen atoms in total. The topological polar surface area (TPSA) is 68.9 Å². The largest absolute Gasteiger partial charge is 0.319 e. The maximum atomic E-state index is 12.4. The van der Waals surface area contributed by atoms with E-state index in [4.69, 9.17) is 0 Å². The summed E-state index contributed by atoms with van der Waals surface area (Å²) in [4.78, 5) is 24.2. The molecule has 0 atom stereocenters. The van der Waals surface area contributed by atoms with Gasteiger partial charge in [-0.15, -0.1) is 0 Å². The second-order valence-electron chi connectivity index (χ2n) is 7.64. The highest BCUT2D eigenvalue weighted by molar-refractivity contribution is 6.03. The molecule has 0 saturated carbocycles. The molecule has 0 aliphatic rings. The number of carbonyl (C=O) groups is 1. The molecule has 0 spiro atoms. The average Bonchev–Trinajstić information content (AvgIpc) is 3.03. The van der Waals surface area contributed by atoms with Gasteiger partial charge in [-0.25, -0.2) is 4.68 Å². The summed E-state index contributed by atoms with van der Waals surface area (Å²) >= 11 is 0. The predicted molar refractivity (Wildman–Crippen MR) is 106 cm³/mol. The van der Waals surface area contributed by atoms with E-state index in [0.29, 0.717) is 17.9 Å². The lowest BCUT2D eigenvalue weighted by Gasteiger charge is -2.19. The number of benzene rings is 1. The second kappa shape index (κ2) is 7.23. The zero-order valence-corrected chi connectivity index (χ0v) is 16.1. The molecule has 0 aliphatic heterocycles. The fourth-order valence-electron chi connectivity index (χ4n) is 2.73. The van der Waals surface area contributed by atoms with Gasteiger partial charge in [0.05, 0.1) is 12.7 Å². The Bertz CT molecular complexity index is 1010. The lowest BCUT2D eigenvalue weighted by molar-refractivity contribution is 0.102. The molecule has 0 unspecified atom stereocenters. The third kappa shape index (κ3) is 4.34. The van der Waals surface area contributed by atoms with Crippen LogP contribution in [0.5, 0.6) is 0 Å². The summed E-state index contributed by atoms with van der Waals surface area (Å²) in [6, 6.07) is 13.1. The summed E-state index contributed by atoms with van der Waals surface area (Å²) in [6.45, 7) is 7.09. The van der Waals surface area contributed by atoms with Crippen molar-refractivity contribution in [3.05, 3.63) is 81.9 Å². The van der Waals surface area contributed by atoms with E-state index in [1.54, 1.807) is 36.3 Å². The zero-order valence-electron chi connectivity index (χ0n) is 16.1. The number of amides is 1. The lowest BCUT2D eigenvalue weighted by atomic mass is 9.87. The minimum Gasteiger partial charge on any atom is -0.319 e. The van der Waals surface area contributed by atoms with Crippen molar-refractivity contribution in [2.75, 3.05) is 5.32 Å². The first-order valence-corrected chi connectivity index (χ1v) is 8.83. The third-order valence-electron chi connectivity index (χ3n) is 4.48. The van der Waals surface area contributed by atoms with E-state index >= 15 is 0 Å². The first kappa shape index (κ1) is 18.6. The molecule has 0 saturated heterocycles. The van der Waals surface area contributed by atoms with E-state index in [1.165, 1.54) is 16.2 Å². The molecule has 0 bridgehead atoms. The van der Waals surface area contributed by atoms with Gasteiger partial charge in [-0.2, -0.15) is 5.10 Å². The fraction of sp³-hybridized carbons (Fsp3) is 0.286. The number of carbonyl (C=O) groups excluding carboxylic acids is 1. The minimum atomic E-state index is -0.336. The van der Waals surface area contributed by atoms with Crippen LogP contribution in [0.3, 0.4) is 0 Å². The number of anilines is 1. The second-order valence-corrected chi connectivity index (χ2v) is 7.64. The monoisotopic (exact) mass is 364 g/mol. The standard InChI is InChI=1S/C21H24N4O2/c1-21(2,3)17-7-5-15(6-8-17)14-25-18(9-11-22-25)23-20(27)16-10-12-24(4)19(26)13-16/h5-13H,14H2,1-4H3,(H,23,27). The Morgan fingerprint density at radius 2 is 1.81 bits per heavy atom. The van der Waals surface area contributed by atoms with E-state index in [1.807, 2.05) is 0 Å². The Kier molecular flexibility index (Phi) is 4.99. The Morgan fingerprint density at radius 3 is 2.44 bits per heavy atom. The molecule has 2 aromatic heterocycles. The lowest BCUT2D eigenvalue weighted by Crippen LogP contribution is -2.21. The first-order valence-electron chi connectivity index (χ1n) is 8.83. The molecule has 2 heterocycles. The van der Waals surface area contributed by atoms with Crippen LogP contribution in [-0.2, 0) is 19.0 Å². The summed E-state index contributed by atoms with van der Waals surface area (Å²) in [5.74, 6) is 0.248. The highest BCUT2D eigenvalue weighted by atomic mass is 16.2. The van der Waals surface area contributed by atoms with Crippen LogP contribution >= 0.6 is 0 Å². The van der Waals surface area contributed by atoms with Crippen LogP contribution in [0.25, 0.3) is 0 Å². The van der Waals surface area contributed by atoms with Gasteiger partial charge in [-0.05, 0) is 22.6 Å². The predicted octanol–water partition coefficient (Wildman–Crippen LogP) is 3.18. The van der Waals surface area contributed by atoms with Crippen molar-refractivity contribution in [1.82, 2.24) is 14.3 Å². The average molecular weight is 364 g/mol. The molecule has 1 aromatic carbocycles. The van der Waals surface area contributed by atoms with Gasteiger partial charge in [-0.1, -0.05) is 45.0 Å². The van der Waals surface area contributed by atoms with Gasteiger partial charge in [0.25, 0.3) is 11.5 Å².